The zero-order chi connectivity index (χ0) is 13.7. The molecule has 0 spiro atoms. The molecule has 2 N–H and O–H groups in total. The number of carbonyl (C=O) groups is 1. The van der Waals surface area contributed by atoms with Gasteiger partial charge >= 0.3 is 5.97 Å². The Bertz CT molecular complexity index is 548. The Kier molecular flexibility index (Phi) is 4.33. The topological polar surface area (TPSA) is 71.7 Å². The standard InChI is InChI=1S/C14H15NO4/c1-10-13(14(16)17)7-12(19-10)8-15-18-9-11-5-3-2-4-6-11/h2-7,15H,8-9H2,1H3,(H,16,17). The lowest BCUT2D eigenvalue weighted by Crippen LogP contribution is -2.13. The van der Waals surface area contributed by atoms with Gasteiger partial charge in [0, 0.05) is 0 Å². The number of hydroxylamine groups is 1. The van der Waals surface area contributed by atoms with Crippen LogP contribution in [0.5, 0.6) is 0 Å². The van der Waals surface area contributed by atoms with Crippen LogP contribution in [0.2, 0.25) is 0 Å². The first kappa shape index (κ1) is 13.3. The molecule has 0 aliphatic carbocycles. The molecule has 2 aromatic rings. The van der Waals surface area contributed by atoms with E-state index in [1.54, 1.807) is 6.92 Å². The highest BCUT2D eigenvalue weighted by atomic mass is 16.6. The molecule has 0 fully saturated rings. The highest BCUT2D eigenvalue weighted by Gasteiger charge is 2.13. The van der Waals surface area contributed by atoms with Crippen molar-refractivity contribution in [3.05, 3.63) is 59.0 Å². The molecule has 5 heteroatoms. The monoisotopic (exact) mass is 261 g/mol. The van der Waals surface area contributed by atoms with Gasteiger partial charge < -0.3 is 9.52 Å². The molecule has 0 saturated heterocycles. The Morgan fingerprint density at radius 3 is 2.74 bits per heavy atom. The molecule has 0 aliphatic rings. The van der Waals surface area contributed by atoms with Gasteiger partial charge in [0.25, 0.3) is 0 Å². The molecule has 0 saturated carbocycles. The molecule has 1 heterocycles. The maximum absolute atomic E-state index is 10.8. The van der Waals surface area contributed by atoms with Gasteiger partial charge in [0.15, 0.2) is 0 Å². The van der Waals surface area contributed by atoms with Crippen LogP contribution >= 0.6 is 0 Å². The fraction of sp³-hybridized carbons (Fsp3) is 0.214. The minimum atomic E-state index is -0.988. The van der Waals surface area contributed by atoms with Gasteiger partial charge in [-0.1, -0.05) is 30.3 Å². The highest BCUT2D eigenvalue weighted by Crippen LogP contribution is 2.14. The molecule has 2 rings (SSSR count). The van der Waals surface area contributed by atoms with Crippen LogP contribution < -0.4 is 5.48 Å². The second-order valence-electron chi connectivity index (χ2n) is 4.08. The lowest BCUT2D eigenvalue weighted by Gasteiger charge is -2.03. The molecule has 0 aliphatic heterocycles. The summed E-state index contributed by atoms with van der Waals surface area (Å²) in [7, 11) is 0. The average molecular weight is 261 g/mol. The summed E-state index contributed by atoms with van der Waals surface area (Å²) in [6.07, 6.45) is 0. The van der Waals surface area contributed by atoms with Crippen LogP contribution in [0.25, 0.3) is 0 Å². The molecule has 5 nitrogen and oxygen atoms in total. The zero-order valence-corrected chi connectivity index (χ0v) is 10.6. The van der Waals surface area contributed by atoms with Gasteiger partial charge in [-0.2, -0.15) is 5.48 Å². The predicted octanol–water partition coefficient (Wildman–Crippen LogP) is 2.51. The predicted molar refractivity (Wildman–Crippen MR) is 68.5 cm³/mol. The second kappa shape index (κ2) is 6.17. The summed E-state index contributed by atoms with van der Waals surface area (Å²) < 4.78 is 5.30. The molecule has 19 heavy (non-hydrogen) atoms. The molecular formula is C14H15NO4. The summed E-state index contributed by atoms with van der Waals surface area (Å²) in [4.78, 5) is 16.1. The van der Waals surface area contributed by atoms with E-state index >= 15 is 0 Å². The Hall–Kier alpha value is -2.11. The number of carboxylic acid groups (broad SMARTS) is 1. The number of hydrogen-bond donors (Lipinski definition) is 2. The van der Waals surface area contributed by atoms with Crippen molar-refractivity contribution in [2.45, 2.75) is 20.1 Å². The van der Waals surface area contributed by atoms with Crippen LogP contribution in [0.3, 0.4) is 0 Å². The van der Waals surface area contributed by atoms with E-state index in [0.717, 1.165) is 5.56 Å². The Balaban J connectivity index is 1.80. The first-order valence-corrected chi connectivity index (χ1v) is 5.88. The molecule has 1 aromatic carbocycles. The van der Waals surface area contributed by atoms with E-state index in [9.17, 15) is 4.79 Å². The molecule has 0 radical (unpaired) electrons. The number of aryl methyl sites for hydroxylation is 1. The summed E-state index contributed by atoms with van der Waals surface area (Å²) in [5.41, 5.74) is 3.98. The van der Waals surface area contributed by atoms with Crippen LogP contribution in [0, 0.1) is 6.92 Å². The number of rotatable bonds is 6. The normalized spacial score (nSPS) is 10.6. The van der Waals surface area contributed by atoms with E-state index in [0.29, 0.717) is 24.7 Å². The number of furan rings is 1. The van der Waals surface area contributed by atoms with Crippen LogP contribution in [-0.2, 0) is 18.0 Å². The smallest absolute Gasteiger partial charge is 0.339 e. The van der Waals surface area contributed by atoms with E-state index < -0.39 is 5.97 Å². The highest BCUT2D eigenvalue weighted by molar-refractivity contribution is 5.88. The van der Waals surface area contributed by atoms with Crippen molar-refractivity contribution in [3.63, 3.8) is 0 Å². The number of carboxylic acids is 1. The second-order valence-corrected chi connectivity index (χ2v) is 4.08. The van der Waals surface area contributed by atoms with Crippen molar-refractivity contribution in [1.29, 1.82) is 0 Å². The zero-order valence-electron chi connectivity index (χ0n) is 10.6. The minimum Gasteiger partial charge on any atom is -0.478 e. The van der Waals surface area contributed by atoms with Crippen molar-refractivity contribution in [3.8, 4) is 0 Å². The van der Waals surface area contributed by atoms with Gasteiger partial charge in [0.1, 0.15) is 17.1 Å². The fourth-order valence-corrected chi connectivity index (χ4v) is 1.67. The minimum absolute atomic E-state index is 0.180. The Morgan fingerprint density at radius 2 is 2.11 bits per heavy atom. The first-order chi connectivity index (χ1) is 9.16. The fourth-order valence-electron chi connectivity index (χ4n) is 1.67. The number of nitrogens with one attached hydrogen (secondary N) is 1. The van der Waals surface area contributed by atoms with E-state index in [2.05, 4.69) is 5.48 Å². The van der Waals surface area contributed by atoms with Crippen molar-refractivity contribution >= 4 is 5.97 Å². The summed E-state index contributed by atoms with van der Waals surface area (Å²) in [5.74, 6) is -0.0620. The molecule has 0 amide bonds. The number of hydrogen-bond acceptors (Lipinski definition) is 4. The molecule has 1 aromatic heterocycles. The van der Waals surface area contributed by atoms with Crippen molar-refractivity contribution in [2.75, 3.05) is 0 Å². The van der Waals surface area contributed by atoms with Gasteiger partial charge in [-0.25, -0.2) is 4.79 Å². The van der Waals surface area contributed by atoms with Crippen LogP contribution in [0.15, 0.2) is 40.8 Å². The summed E-state index contributed by atoms with van der Waals surface area (Å²) >= 11 is 0. The SMILES string of the molecule is Cc1oc(CNOCc2ccccc2)cc1C(=O)O. The summed E-state index contributed by atoms with van der Waals surface area (Å²) in [5, 5.41) is 8.89. The summed E-state index contributed by atoms with van der Waals surface area (Å²) in [6, 6.07) is 11.2. The maximum atomic E-state index is 10.8. The number of aromatic carboxylic acids is 1. The summed E-state index contributed by atoms with van der Waals surface area (Å²) in [6.45, 7) is 2.38. The third kappa shape index (κ3) is 3.67. The van der Waals surface area contributed by atoms with Gasteiger partial charge in [0.05, 0.1) is 13.2 Å². The molecule has 100 valence electrons. The lowest BCUT2D eigenvalue weighted by atomic mass is 10.2. The van der Waals surface area contributed by atoms with Crippen molar-refractivity contribution < 1.29 is 19.2 Å². The van der Waals surface area contributed by atoms with E-state index in [-0.39, 0.29) is 5.56 Å². The van der Waals surface area contributed by atoms with Crippen molar-refractivity contribution in [1.82, 2.24) is 5.48 Å². The lowest BCUT2D eigenvalue weighted by molar-refractivity contribution is 0.0200. The molecule has 0 atom stereocenters. The largest absolute Gasteiger partial charge is 0.478 e. The van der Waals surface area contributed by atoms with E-state index in [4.69, 9.17) is 14.4 Å². The Morgan fingerprint density at radius 1 is 1.37 bits per heavy atom. The van der Waals surface area contributed by atoms with Gasteiger partial charge in [-0.15, -0.1) is 0 Å². The Labute approximate surface area is 110 Å². The van der Waals surface area contributed by atoms with Crippen LogP contribution in [-0.4, -0.2) is 11.1 Å². The quantitative estimate of drug-likeness (QED) is 0.617. The van der Waals surface area contributed by atoms with Gasteiger partial charge in [-0.05, 0) is 18.6 Å². The average Bonchev–Trinajstić information content (AvgIpc) is 2.77. The van der Waals surface area contributed by atoms with Crippen molar-refractivity contribution in [2.24, 2.45) is 0 Å². The molecule has 0 unspecified atom stereocenters. The van der Waals surface area contributed by atoms with E-state index in [1.165, 1.54) is 6.07 Å². The maximum Gasteiger partial charge on any atom is 0.339 e. The van der Waals surface area contributed by atoms with Gasteiger partial charge in [-0.3, -0.25) is 4.84 Å². The number of benzene rings is 1. The van der Waals surface area contributed by atoms with E-state index in [1.807, 2.05) is 30.3 Å². The molecule has 0 bridgehead atoms. The van der Waals surface area contributed by atoms with Gasteiger partial charge in [0.2, 0.25) is 0 Å². The third-order valence-electron chi connectivity index (χ3n) is 2.63. The first-order valence-electron chi connectivity index (χ1n) is 5.88. The van der Waals surface area contributed by atoms with Crippen LogP contribution in [0.1, 0.15) is 27.4 Å². The molecular weight excluding hydrogens is 246 g/mol. The van der Waals surface area contributed by atoms with Crippen LogP contribution in [0.4, 0.5) is 0 Å². The third-order valence-corrected chi connectivity index (χ3v) is 2.63.